The first-order valence-corrected chi connectivity index (χ1v) is 9.77. The number of imidazole rings is 1. The van der Waals surface area contributed by atoms with Gasteiger partial charge in [-0.15, -0.1) is 0 Å². The number of nitrogens with zero attached hydrogens (tertiary/aromatic N) is 4. The highest BCUT2D eigenvalue weighted by molar-refractivity contribution is 5.76. The third kappa shape index (κ3) is 3.06. The number of ether oxygens (including phenoxy) is 1. The largest absolute Gasteiger partial charge is 0.487 e. The Morgan fingerprint density at radius 1 is 1.25 bits per heavy atom. The van der Waals surface area contributed by atoms with Crippen LogP contribution in [0.5, 0.6) is 5.75 Å². The summed E-state index contributed by atoms with van der Waals surface area (Å²) in [6, 6.07) is 13.5. The van der Waals surface area contributed by atoms with E-state index in [-0.39, 0.29) is 11.7 Å². The van der Waals surface area contributed by atoms with Crippen molar-refractivity contribution in [2.24, 2.45) is 0 Å². The van der Waals surface area contributed by atoms with Crippen molar-refractivity contribution in [2.75, 3.05) is 18.1 Å². The van der Waals surface area contributed by atoms with Crippen LogP contribution >= 0.6 is 0 Å². The van der Waals surface area contributed by atoms with Crippen LogP contribution in [0.1, 0.15) is 38.6 Å². The monoisotopic (exact) mass is 380 g/mol. The Hall–Kier alpha value is -3.09. The zero-order valence-electron chi connectivity index (χ0n) is 16.2. The van der Waals surface area contributed by atoms with Gasteiger partial charge in [0, 0.05) is 30.9 Å². The van der Waals surface area contributed by atoms with E-state index in [0.717, 1.165) is 48.5 Å². The third-order valence-electron chi connectivity index (χ3n) is 5.32. The van der Waals surface area contributed by atoms with Crippen molar-refractivity contribution in [3.8, 4) is 5.75 Å². The van der Waals surface area contributed by atoms with E-state index in [4.69, 9.17) is 9.72 Å². The molecule has 1 unspecified atom stereocenters. The Morgan fingerprint density at radius 3 is 2.82 bits per heavy atom. The molecule has 2 heterocycles. The van der Waals surface area contributed by atoms with Gasteiger partial charge in [0.1, 0.15) is 5.82 Å². The van der Waals surface area contributed by atoms with Gasteiger partial charge in [-0.3, -0.25) is 10.1 Å². The van der Waals surface area contributed by atoms with Crippen LogP contribution in [0.2, 0.25) is 0 Å². The molecule has 0 saturated carbocycles. The fourth-order valence-electron chi connectivity index (χ4n) is 4.13. The SMILES string of the molecule is CCOc1cc(N2CCCC2c2nc3ccccc3n2CC)ccc1[N+](=O)[O-]. The molecule has 0 N–H and O–H groups in total. The molecule has 0 bridgehead atoms. The number of rotatable bonds is 6. The molecule has 2 aromatic carbocycles. The number of aromatic nitrogens is 2. The van der Waals surface area contributed by atoms with Crippen molar-refractivity contribution in [2.45, 2.75) is 39.3 Å². The van der Waals surface area contributed by atoms with Gasteiger partial charge in [-0.1, -0.05) is 12.1 Å². The Labute approximate surface area is 163 Å². The van der Waals surface area contributed by atoms with Crippen molar-refractivity contribution >= 4 is 22.4 Å². The minimum atomic E-state index is -0.396. The van der Waals surface area contributed by atoms with Crippen molar-refractivity contribution < 1.29 is 9.66 Å². The molecule has 0 radical (unpaired) electrons. The highest BCUT2D eigenvalue weighted by Gasteiger charge is 2.31. The van der Waals surface area contributed by atoms with E-state index < -0.39 is 4.92 Å². The third-order valence-corrected chi connectivity index (χ3v) is 5.32. The molecular weight excluding hydrogens is 356 g/mol. The minimum Gasteiger partial charge on any atom is -0.487 e. The maximum Gasteiger partial charge on any atom is 0.311 e. The predicted octanol–water partition coefficient (Wildman–Crippen LogP) is 4.70. The molecule has 146 valence electrons. The molecule has 4 rings (SSSR count). The lowest BCUT2D eigenvalue weighted by molar-refractivity contribution is -0.385. The first kappa shape index (κ1) is 18.3. The van der Waals surface area contributed by atoms with Crippen molar-refractivity contribution in [1.29, 1.82) is 0 Å². The van der Waals surface area contributed by atoms with Crippen molar-refractivity contribution in [3.05, 3.63) is 58.4 Å². The Bertz CT molecular complexity index is 1010. The highest BCUT2D eigenvalue weighted by atomic mass is 16.6. The normalized spacial score (nSPS) is 16.6. The second kappa shape index (κ2) is 7.50. The summed E-state index contributed by atoms with van der Waals surface area (Å²) in [5.41, 5.74) is 3.09. The van der Waals surface area contributed by atoms with Crippen LogP contribution in [0.25, 0.3) is 11.0 Å². The molecule has 1 saturated heterocycles. The topological polar surface area (TPSA) is 73.4 Å². The number of para-hydroxylation sites is 2. The average molecular weight is 380 g/mol. The number of anilines is 1. The summed E-state index contributed by atoms with van der Waals surface area (Å²) in [5, 5.41) is 11.3. The number of benzene rings is 2. The van der Waals surface area contributed by atoms with Gasteiger partial charge >= 0.3 is 5.69 Å². The average Bonchev–Trinajstić information content (AvgIpc) is 3.32. The molecule has 1 aromatic heterocycles. The molecule has 7 heteroatoms. The maximum absolute atomic E-state index is 11.3. The van der Waals surface area contributed by atoms with E-state index in [1.165, 1.54) is 0 Å². The lowest BCUT2D eigenvalue weighted by Gasteiger charge is -2.27. The molecule has 0 amide bonds. The lowest BCUT2D eigenvalue weighted by atomic mass is 10.1. The predicted molar refractivity (Wildman–Crippen MR) is 109 cm³/mol. The number of nitro groups is 1. The number of hydrogen-bond acceptors (Lipinski definition) is 5. The number of aryl methyl sites for hydroxylation is 1. The van der Waals surface area contributed by atoms with Gasteiger partial charge in [0.15, 0.2) is 5.75 Å². The molecule has 3 aromatic rings. The molecule has 0 spiro atoms. The zero-order chi connectivity index (χ0) is 19.7. The quantitative estimate of drug-likeness (QED) is 0.458. The number of fused-ring (bicyclic) bond motifs is 1. The summed E-state index contributed by atoms with van der Waals surface area (Å²) >= 11 is 0. The fraction of sp³-hybridized carbons (Fsp3) is 0.381. The molecule has 7 nitrogen and oxygen atoms in total. The van der Waals surface area contributed by atoms with Gasteiger partial charge in [0.05, 0.1) is 28.6 Å². The van der Waals surface area contributed by atoms with Crippen LogP contribution in [-0.2, 0) is 6.54 Å². The molecular formula is C21H24N4O3. The van der Waals surface area contributed by atoms with E-state index >= 15 is 0 Å². The highest BCUT2D eigenvalue weighted by Crippen LogP contribution is 2.40. The van der Waals surface area contributed by atoms with Gasteiger partial charge < -0.3 is 14.2 Å². The van der Waals surface area contributed by atoms with Crippen LogP contribution in [0.3, 0.4) is 0 Å². The second-order valence-corrected chi connectivity index (χ2v) is 6.90. The first-order chi connectivity index (χ1) is 13.6. The van der Waals surface area contributed by atoms with E-state index in [1.807, 2.05) is 31.2 Å². The summed E-state index contributed by atoms with van der Waals surface area (Å²) in [6.07, 6.45) is 2.06. The summed E-state index contributed by atoms with van der Waals surface area (Å²) in [4.78, 5) is 18.1. The molecule has 28 heavy (non-hydrogen) atoms. The van der Waals surface area contributed by atoms with Gasteiger partial charge in [-0.05, 0) is 44.9 Å². The smallest absolute Gasteiger partial charge is 0.311 e. The van der Waals surface area contributed by atoms with Gasteiger partial charge in [-0.25, -0.2) is 4.98 Å². The second-order valence-electron chi connectivity index (χ2n) is 6.90. The van der Waals surface area contributed by atoms with E-state index in [0.29, 0.717) is 12.4 Å². The van der Waals surface area contributed by atoms with E-state index in [2.05, 4.69) is 22.5 Å². The van der Waals surface area contributed by atoms with Crippen LogP contribution in [0.4, 0.5) is 11.4 Å². The van der Waals surface area contributed by atoms with Crippen LogP contribution in [0.15, 0.2) is 42.5 Å². The summed E-state index contributed by atoms with van der Waals surface area (Å²) in [5.74, 6) is 1.37. The van der Waals surface area contributed by atoms with Crippen molar-refractivity contribution in [3.63, 3.8) is 0 Å². The van der Waals surface area contributed by atoms with Gasteiger partial charge in [0.2, 0.25) is 0 Å². The number of nitro benzene ring substituents is 1. The van der Waals surface area contributed by atoms with Crippen molar-refractivity contribution in [1.82, 2.24) is 9.55 Å². The minimum absolute atomic E-state index is 0.00198. The first-order valence-electron chi connectivity index (χ1n) is 9.77. The summed E-state index contributed by atoms with van der Waals surface area (Å²) in [6.45, 7) is 6.10. The molecule has 1 fully saturated rings. The van der Waals surface area contributed by atoms with E-state index in [9.17, 15) is 10.1 Å². The molecule has 0 aliphatic carbocycles. The Kier molecular flexibility index (Phi) is 4.90. The van der Waals surface area contributed by atoms with Crippen LogP contribution in [-0.4, -0.2) is 27.6 Å². The van der Waals surface area contributed by atoms with Crippen LogP contribution < -0.4 is 9.64 Å². The van der Waals surface area contributed by atoms with Crippen LogP contribution in [0, 0.1) is 10.1 Å². The summed E-state index contributed by atoms with van der Waals surface area (Å²) < 4.78 is 7.81. The molecule has 1 aliphatic heterocycles. The lowest BCUT2D eigenvalue weighted by Crippen LogP contribution is -2.25. The number of hydrogen-bond donors (Lipinski definition) is 0. The summed E-state index contributed by atoms with van der Waals surface area (Å²) in [7, 11) is 0. The standard InChI is InChI=1S/C21H24N4O3/c1-3-23-17-9-6-5-8-16(17)22-21(23)19-10-7-13-24(19)15-11-12-18(25(26)27)20(14-15)28-4-2/h5-6,8-9,11-12,14,19H,3-4,7,10,13H2,1-2H3. The Balaban J connectivity index is 1.75. The zero-order valence-corrected chi connectivity index (χ0v) is 16.2. The Morgan fingerprint density at radius 2 is 2.07 bits per heavy atom. The molecule has 1 atom stereocenters. The van der Waals surface area contributed by atoms with E-state index in [1.54, 1.807) is 12.1 Å². The van der Waals surface area contributed by atoms with Gasteiger partial charge in [0.25, 0.3) is 0 Å². The maximum atomic E-state index is 11.3. The van der Waals surface area contributed by atoms with Gasteiger partial charge in [-0.2, -0.15) is 0 Å². The fourth-order valence-corrected chi connectivity index (χ4v) is 4.13. The molecule has 1 aliphatic rings.